The lowest BCUT2D eigenvalue weighted by Gasteiger charge is -2.12. The van der Waals surface area contributed by atoms with Gasteiger partial charge in [-0.25, -0.2) is 0 Å². The van der Waals surface area contributed by atoms with Crippen molar-refractivity contribution in [3.63, 3.8) is 0 Å². The molecule has 0 amide bonds. The number of hydrogen-bond donors (Lipinski definition) is 2. The van der Waals surface area contributed by atoms with Gasteiger partial charge in [0.2, 0.25) is 10.3 Å². The zero-order valence-corrected chi connectivity index (χ0v) is 8.98. The summed E-state index contributed by atoms with van der Waals surface area (Å²) in [6, 6.07) is 0. The molecule has 1 atom stereocenters. The molecule has 0 spiro atoms. The van der Waals surface area contributed by atoms with Crippen LogP contribution in [0, 0.1) is 10.1 Å². The summed E-state index contributed by atoms with van der Waals surface area (Å²) < 4.78 is -1.20. The van der Waals surface area contributed by atoms with Crippen LogP contribution in [0.4, 0.5) is 0 Å². The lowest BCUT2D eigenvalue weighted by molar-refractivity contribution is -0.431. The van der Waals surface area contributed by atoms with Crippen LogP contribution in [0.25, 0.3) is 0 Å². The van der Waals surface area contributed by atoms with E-state index in [4.69, 9.17) is 5.11 Å². The Hall–Kier alpha value is -1.02. The van der Waals surface area contributed by atoms with Crippen molar-refractivity contribution in [2.24, 2.45) is 10.2 Å². The average Bonchev–Trinajstić information content (AvgIpc) is 2.43. The van der Waals surface area contributed by atoms with E-state index in [0.29, 0.717) is 0 Å². The summed E-state index contributed by atoms with van der Waals surface area (Å²) in [5, 5.41) is 29.4. The van der Waals surface area contributed by atoms with Crippen molar-refractivity contribution in [2.45, 2.75) is 10.9 Å². The number of hydrogen-bond acceptors (Lipinski definition) is 6. The number of nitrogens with zero attached hydrogens (tertiary/aromatic N) is 3. The van der Waals surface area contributed by atoms with Crippen LogP contribution >= 0.6 is 15.9 Å². The number of azo groups is 1. The Morgan fingerprint density at radius 1 is 1.79 bits per heavy atom. The predicted molar refractivity (Wildman–Crippen MR) is 51.3 cm³/mol. The van der Waals surface area contributed by atoms with Gasteiger partial charge < -0.3 is 10.4 Å². The van der Waals surface area contributed by atoms with E-state index in [9.17, 15) is 10.1 Å². The van der Waals surface area contributed by atoms with Gasteiger partial charge >= 0.3 is 5.70 Å². The Morgan fingerprint density at radius 2 is 2.43 bits per heavy atom. The maximum Gasteiger partial charge on any atom is 0.329 e. The minimum atomic E-state index is -1.20. The molecule has 0 bridgehead atoms. The first-order chi connectivity index (χ1) is 6.55. The largest absolute Gasteiger partial charge is 0.396 e. The van der Waals surface area contributed by atoms with Crippen molar-refractivity contribution in [1.29, 1.82) is 0 Å². The second-order valence-corrected chi connectivity index (χ2v) is 3.95. The molecule has 0 aromatic rings. The third-order valence-electron chi connectivity index (χ3n) is 1.76. The number of alkyl halides is 1. The molecule has 0 aromatic carbocycles. The van der Waals surface area contributed by atoms with Gasteiger partial charge in [0, 0.05) is 20.1 Å². The number of nitrogens with one attached hydrogen (secondary N) is 1. The van der Waals surface area contributed by atoms with Gasteiger partial charge in [-0.05, 0) is 15.9 Å². The SMILES string of the molecule is CNC1=C([N+](=O)[O-])C(Br)(CCO)N=N1. The van der Waals surface area contributed by atoms with Crippen LogP contribution < -0.4 is 5.32 Å². The molecular weight excluding hydrogens is 256 g/mol. The highest BCUT2D eigenvalue weighted by molar-refractivity contribution is 9.10. The molecule has 1 aliphatic rings. The maximum atomic E-state index is 10.7. The molecule has 0 saturated heterocycles. The van der Waals surface area contributed by atoms with Crippen LogP contribution in [0.2, 0.25) is 0 Å². The van der Waals surface area contributed by atoms with Gasteiger partial charge in [0.15, 0.2) is 0 Å². The second kappa shape index (κ2) is 4.01. The van der Waals surface area contributed by atoms with Crippen molar-refractivity contribution >= 4 is 15.9 Å². The molecule has 0 fully saturated rings. The predicted octanol–water partition coefficient (Wildman–Crippen LogP) is 0.591. The smallest absolute Gasteiger partial charge is 0.329 e. The molecule has 8 heteroatoms. The standard InChI is InChI=1S/C6H9BrN4O3/c1-8-5-4(11(13)14)6(7,2-3-12)10-9-5/h8,12H,2-3H2,1H3. The van der Waals surface area contributed by atoms with Crippen molar-refractivity contribution < 1.29 is 10.0 Å². The summed E-state index contributed by atoms with van der Waals surface area (Å²) >= 11 is 3.09. The number of nitro groups is 1. The highest BCUT2D eigenvalue weighted by atomic mass is 79.9. The van der Waals surface area contributed by atoms with E-state index < -0.39 is 9.37 Å². The molecule has 1 aliphatic heterocycles. The van der Waals surface area contributed by atoms with Crippen molar-refractivity contribution in [1.82, 2.24) is 5.32 Å². The van der Waals surface area contributed by atoms with Crippen LogP contribution in [0.15, 0.2) is 21.7 Å². The van der Waals surface area contributed by atoms with Crippen LogP contribution in [0.3, 0.4) is 0 Å². The Kier molecular flexibility index (Phi) is 3.17. The van der Waals surface area contributed by atoms with Gasteiger partial charge in [-0.1, -0.05) is 0 Å². The second-order valence-electron chi connectivity index (χ2n) is 2.64. The van der Waals surface area contributed by atoms with E-state index >= 15 is 0 Å². The highest BCUT2D eigenvalue weighted by Gasteiger charge is 2.47. The van der Waals surface area contributed by atoms with E-state index in [1.165, 1.54) is 7.05 Å². The zero-order chi connectivity index (χ0) is 10.8. The average molecular weight is 265 g/mol. The molecule has 0 aliphatic carbocycles. The van der Waals surface area contributed by atoms with Crippen LogP contribution in [0.1, 0.15) is 6.42 Å². The fraction of sp³-hybridized carbons (Fsp3) is 0.667. The van der Waals surface area contributed by atoms with Crippen LogP contribution in [-0.4, -0.2) is 28.1 Å². The van der Waals surface area contributed by atoms with Crippen LogP contribution in [0.5, 0.6) is 0 Å². The van der Waals surface area contributed by atoms with Gasteiger partial charge in [0.1, 0.15) is 0 Å². The summed E-state index contributed by atoms with van der Waals surface area (Å²) in [6.45, 7) is -0.210. The molecule has 78 valence electrons. The van der Waals surface area contributed by atoms with Gasteiger partial charge in [-0.15, -0.1) is 5.11 Å². The third-order valence-corrected chi connectivity index (χ3v) is 2.69. The maximum absolute atomic E-state index is 10.7. The third kappa shape index (κ3) is 1.75. The minimum absolute atomic E-state index is 0.109. The van der Waals surface area contributed by atoms with Crippen molar-refractivity contribution in [2.75, 3.05) is 13.7 Å². The zero-order valence-electron chi connectivity index (χ0n) is 7.40. The molecule has 1 heterocycles. The van der Waals surface area contributed by atoms with Crippen LogP contribution in [-0.2, 0) is 0 Å². The Bertz CT molecular complexity index is 316. The molecule has 1 unspecified atom stereocenters. The first-order valence-corrected chi connectivity index (χ1v) is 4.64. The first kappa shape index (κ1) is 11.1. The summed E-state index contributed by atoms with van der Waals surface area (Å²) in [5.74, 6) is 0.111. The molecular formula is C6H9BrN4O3. The Labute approximate surface area is 88.2 Å². The topological polar surface area (TPSA) is 100 Å². The molecule has 0 radical (unpaired) electrons. The number of halogens is 1. The number of aliphatic hydroxyl groups excluding tert-OH is 1. The lowest BCUT2D eigenvalue weighted by Crippen LogP contribution is -2.27. The van der Waals surface area contributed by atoms with Crippen molar-refractivity contribution in [3.05, 3.63) is 21.6 Å². The molecule has 14 heavy (non-hydrogen) atoms. The van der Waals surface area contributed by atoms with Gasteiger partial charge in [-0.3, -0.25) is 10.1 Å². The molecule has 0 saturated carbocycles. The van der Waals surface area contributed by atoms with Gasteiger partial charge in [0.05, 0.1) is 4.92 Å². The summed E-state index contributed by atoms with van der Waals surface area (Å²) in [7, 11) is 1.52. The fourth-order valence-corrected chi connectivity index (χ4v) is 1.71. The van der Waals surface area contributed by atoms with E-state index in [2.05, 4.69) is 31.5 Å². The Morgan fingerprint density at radius 3 is 2.86 bits per heavy atom. The summed E-state index contributed by atoms with van der Waals surface area (Å²) in [6.07, 6.45) is 0.109. The number of aliphatic hydroxyl groups is 1. The van der Waals surface area contributed by atoms with E-state index in [1.54, 1.807) is 0 Å². The van der Waals surface area contributed by atoms with E-state index in [0.717, 1.165) is 0 Å². The van der Waals surface area contributed by atoms with E-state index in [-0.39, 0.29) is 24.5 Å². The summed E-state index contributed by atoms with van der Waals surface area (Å²) in [5.41, 5.74) is -0.172. The minimum Gasteiger partial charge on any atom is -0.396 e. The highest BCUT2D eigenvalue weighted by Crippen LogP contribution is 2.39. The van der Waals surface area contributed by atoms with Crippen molar-refractivity contribution in [3.8, 4) is 0 Å². The molecule has 0 aromatic heterocycles. The van der Waals surface area contributed by atoms with Gasteiger partial charge in [0.25, 0.3) is 0 Å². The molecule has 2 N–H and O–H groups in total. The first-order valence-electron chi connectivity index (χ1n) is 3.84. The molecule has 7 nitrogen and oxygen atoms in total. The van der Waals surface area contributed by atoms with E-state index in [1.807, 2.05) is 0 Å². The van der Waals surface area contributed by atoms with Gasteiger partial charge in [-0.2, -0.15) is 5.11 Å². The lowest BCUT2D eigenvalue weighted by atomic mass is 10.1. The normalized spacial score (nSPS) is 25.6. The summed E-state index contributed by atoms with van der Waals surface area (Å²) in [4.78, 5) is 10.2. The quantitative estimate of drug-likeness (QED) is 0.336. The fourth-order valence-electron chi connectivity index (χ4n) is 1.12. The number of rotatable bonds is 4. The Balaban J connectivity index is 3.07. The monoisotopic (exact) mass is 264 g/mol. The molecule has 1 rings (SSSR count).